The molecule has 0 N–H and O–H groups in total. The molecule has 0 unspecified atom stereocenters. The van der Waals surface area contributed by atoms with Crippen molar-refractivity contribution in [2.24, 2.45) is 0 Å². The average Bonchev–Trinajstić information content (AvgIpc) is 3.41. The summed E-state index contributed by atoms with van der Waals surface area (Å²) < 4.78 is 10.8. The summed E-state index contributed by atoms with van der Waals surface area (Å²) in [5, 5.41) is 6.47. The first-order valence-corrected chi connectivity index (χ1v) is 18.6. The van der Waals surface area contributed by atoms with Crippen molar-refractivity contribution in [3.05, 3.63) is 127 Å². The van der Waals surface area contributed by atoms with E-state index in [9.17, 15) is 0 Å². The first-order valence-electron chi connectivity index (χ1n) is 14.7. The summed E-state index contributed by atoms with van der Waals surface area (Å²) in [7, 11) is -1.23. The van der Waals surface area contributed by atoms with Crippen LogP contribution in [-0.4, -0.2) is 18.0 Å². The predicted molar refractivity (Wildman–Crippen MR) is 184 cm³/mol. The molecule has 0 spiro atoms. The van der Waals surface area contributed by atoms with E-state index in [-0.39, 0.29) is 20.1 Å². The van der Waals surface area contributed by atoms with Crippen molar-refractivity contribution in [1.29, 1.82) is 0 Å². The Morgan fingerprint density at radius 1 is 0.744 bits per heavy atom. The van der Waals surface area contributed by atoms with Crippen molar-refractivity contribution in [2.45, 2.75) is 39.4 Å². The van der Waals surface area contributed by atoms with E-state index in [1.807, 2.05) is 73.8 Å². The molecular formula is C38H34IrN2SSi-2. The molecule has 0 aliphatic heterocycles. The molecule has 3 aromatic heterocycles. The van der Waals surface area contributed by atoms with Crippen molar-refractivity contribution >= 4 is 55.5 Å². The number of rotatable bonds is 4. The zero-order valence-electron chi connectivity index (χ0n) is 26.0. The molecule has 4 aromatic carbocycles. The van der Waals surface area contributed by atoms with E-state index < -0.39 is 14.0 Å². The molecule has 0 amide bonds. The maximum absolute atomic E-state index is 8.34. The fraction of sp³-hybridized carbons (Fsp3) is 0.158. The number of pyridine rings is 2. The number of hydrogen-bond acceptors (Lipinski definition) is 3. The normalized spacial score (nSPS) is 12.0. The number of aromatic nitrogens is 2. The van der Waals surface area contributed by atoms with Crippen molar-refractivity contribution < 1.29 is 21.5 Å². The van der Waals surface area contributed by atoms with Gasteiger partial charge in [0.2, 0.25) is 0 Å². The van der Waals surface area contributed by atoms with Crippen molar-refractivity contribution in [3.63, 3.8) is 0 Å². The number of fused-ring (bicyclic) bond motifs is 5. The number of benzene rings is 4. The van der Waals surface area contributed by atoms with Crippen LogP contribution in [0.2, 0.25) is 19.6 Å². The summed E-state index contributed by atoms with van der Waals surface area (Å²) in [5.74, 6) is -0.651. The maximum Gasteiger partial charge on any atom is 0.0795 e. The van der Waals surface area contributed by atoms with Gasteiger partial charge in [0.15, 0.2) is 0 Å². The van der Waals surface area contributed by atoms with E-state index in [0.717, 1.165) is 28.1 Å². The summed E-state index contributed by atoms with van der Waals surface area (Å²) in [6, 6.07) is 39.9. The van der Waals surface area contributed by atoms with Crippen LogP contribution in [0.25, 0.3) is 53.5 Å². The van der Waals surface area contributed by atoms with Gasteiger partial charge in [0.1, 0.15) is 0 Å². The second-order valence-electron chi connectivity index (χ2n) is 11.7. The molecule has 0 fully saturated rings. The second kappa shape index (κ2) is 13.0. The van der Waals surface area contributed by atoms with Gasteiger partial charge in [-0.3, -0.25) is 0 Å². The third-order valence-corrected chi connectivity index (χ3v) is 10.8. The Balaban J connectivity index is 0.000000194. The zero-order chi connectivity index (χ0) is 30.2. The van der Waals surface area contributed by atoms with Gasteiger partial charge in [0.05, 0.1) is 8.07 Å². The van der Waals surface area contributed by atoms with E-state index in [1.54, 1.807) is 6.20 Å². The number of thiophene rings is 1. The Kier molecular flexibility index (Phi) is 8.97. The van der Waals surface area contributed by atoms with E-state index >= 15 is 0 Å². The third-order valence-electron chi connectivity index (χ3n) is 7.53. The standard InChI is InChI=1S/C24H18NS.C14H16NSi.Ir/c1-15(2)17-12-13-25-22(14-17)21-9-5-8-19-20-11-10-16-6-3-4-7-18(16)23(20)26-24(19)21;1-16(2,3)13-9-10-14(15-11-13)12-7-5-4-6-8-12;/h3-8,10-15H,1-2H3;4-7,9-11H,1-3H3;/q2*-1;/i15D;;. The Labute approximate surface area is 274 Å². The summed E-state index contributed by atoms with van der Waals surface area (Å²) in [6.45, 7) is 10.8. The average molecular weight is 772 g/mol. The fourth-order valence-corrected chi connectivity index (χ4v) is 7.46. The smallest absolute Gasteiger partial charge is 0.0795 e. The number of hydrogen-bond donors (Lipinski definition) is 0. The van der Waals surface area contributed by atoms with E-state index in [1.165, 1.54) is 36.1 Å². The maximum atomic E-state index is 8.34. The molecule has 0 aliphatic rings. The van der Waals surface area contributed by atoms with Gasteiger partial charge in [0, 0.05) is 38.6 Å². The minimum Gasteiger partial charge on any atom is -0.305 e. The largest absolute Gasteiger partial charge is 0.305 e. The molecule has 1 radical (unpaired) electrons. The molecule has 0 saturated carbocycles. The molecule has 43 heavy (non-hydrogen) atoms. The summed E-state index contributed by atoms with van der Waals surface area (Å²) >= 11 is 1.81. The van der Waals surface area contributed by atoms with Crippen LogP contribution >= 0.6 is 11.3 Å². The van der Waals surface area contributed by atoms with Crippen LogP contribution in [0.3, 0.4) is 0 Å². The molecule has 217 valence electrons. The molecule has 5 heteroatoms. The van der Waals surface area contributed by atoms with Crippen LogP contribution in [0.1, 0.15) is 26.7 Å². The van der Waals surface area contributed by atoms with Gasteiger partial charge >= 0.3 is 0 Å². The Hall–Kier alpha value is -3.47. The second-order valence-corrected chi connectivity index (χ2v) is 17.8. The SMILES string of the molecule is C[Si](C)(C)c1ccc(-c2[c-]cccc2)nc1.[2H]C(C)(C)c1ccnc(-c2[c-]ccc3c2sc2c4ccccc4ccc32)c1.[Ir]. The van der Waals surface area contributed by atoms with Gasteiger partial charge in [-0.05, 0) is 49.4 Å². The molecule has 0 atom stereocenters. The van der Waals surface area contributed by atoms with Crippen LogP contribution < -0.4 is 5.19 Å². The quantitative estimate of drug-likeness (QED) is 0.132. The van der Waals surface area contributed by atoms with E-state index in [0.29, 0.717) is 0 Å². The molecule has 7 rings (SSSR count). The first kappa shape index (κ1) is 29.6. The Morgan fingerprint density at radius 2 is 1.53 bits per heavy atom. The Morgan fingerprint density at radius 3 is 2.26 bits per heavy atom. The molecule has 3 heterocycles. The van der Waals surface area contributed by atoms with Crippen LogP contribution in [0.4, 0.5) is 0 Å². The van der Waals surface area contributed by atoms with Crippen LogP contribution in [0, 0.1) is 12.1 Å². The molecule has 2 nitrogen and oxygen atoms in total. The predicted octanol–water partition coefficient (Wildman–Crippen LogP) is 10.3. The van der Waals surface area contributed by atoms with Crippen molar-refractivity contribution in [3.8, 4) is 22.5 Å². The third kappa shape index (κ3) is 6.56. The van der Waals surface area contributed by atoms with Gasteiger partial charge in [-0.25, -0.2) is 0 Å². The van der Waals surface area contributed by atoms with Gasteiger partial charge < -0.3 is 9.97 Å². The molecule has 0 saturated heterocycles. The minimum atomic E-state index is -1.23. The van der Waals surface area contributed by atoms with Crippen molar-refractivity contribution in [1.82, 2.24) is 9.97 Å². The Bertz CT molecular complexity index is 2040. The first-order chi connectivity index (χ1) is 20.6. The van der Waals surface area contributed by atoms with Crippen LogP contribution in [0.15, 0.2) is 109 Å². The fourth-order valence-electron chi connectivity index (χ4n) is 5.09. The molecule has 7 aromatic rings. The van der Waals surface area contributed by atoms with Crippen LogP contribution in [-0.2, 0) is 20.1 Å². The van der Waals surface area contributed by atoms with Crippen LogP contribution in [0.5, 0.6) is 0 Å². The monoisotopic (exact) mass is 772 g/mol. The van der Waals surface area contributed by atoms with Gasteiger partial charge in [-0.2, -0.15) is 11.3 Å². The zero-order valence-corrected chi connectivity index (χ0v) is 29.2. The summed E-state index contributed by atoms with van der Waals surface area (Å²) in [6.07, 6.45) is 3.82. The van der Waals surface area contributed by atoms with Gasteiger partial charge in [-0.1, -0.05) is 99.0 Å². The molecule has 0 bridgehead atoms. The summed E-state index contributed by atoms with van der Waals surface area (Å²) in [5.41, 5.74) is 4.93. The van der Waals surface area contributed by atoms with Gasteiger partial charge in [0.25, 0.3) is 0 Å². The topological polar surface area (TPSA) is 25.8 Å². The van der Waals surface area contributed by atoms with E-state index in [4.69, 9.17) is 1.37 Å². The summed E-state index contributed by atoms with van der Waals surface area (Å²) in [4.78, 5) is 9.12. The minimum absolute atomic E-state index is 0. The molecule has 0 aliphatic carbocycles. The molecular weight excluding hydrogens is 737 g/mol. The van der Waals surface area contributed by atoms with Gasteiger partial charge in [-0.15, -0.1) is 59.7 Å². The number of nitrogens with zero attached hydrogens (tertiary/aromatic N) is 2. The van der Waals surface area contributed by atoms with E-state index in [2.05, 4.69) is 96.3 Å². The van der Waals surface area contributed by atoms with Crippen molar-refractivity contribution in [2.75, 3.05) is 0 Å².